The fraction of sp³-hybridized carbons (Fsp3) is 0.385. The molecule has 3 heteroatoms. The minimum Gasteiger partial charge on any atom is -0.372 e. The van der Waals surface area contributed by atoms with Gasteiger partial charge in [-0.1, -0.05) is 49.5 Å². The Morgan fingerprint density at radius 2 is 2.00 bits per heavy atom. The van der Waals surface area contributed by atoms with Crippen LogP contribution < -0.4 is 5.32 Å². The molecule has 0 saturated carbocycles. The molecule has 0 fully saturated rings. The third kappa shape index (κ3) is 4.11. The van der Waals surface area contributed by atoms with Crippen molar-refractivity contribution in [1.29, 1.82) is 5.41 Å². The van der Waals surface area contributed by atoms with Gasteiger partial charge in [-0.3, -0.25) is 0 Å². The van der Waals surface area contributed by atoms with Crippen molar-refractivity contribution in [3.63, 3.8) is 0 Å². The molecule has 2 nitrogen and oxygen atoms in total. The first-order valence-corrected chi connectivity index (χ1v) is 5.92. The second kappa shape index (κ2) is 6.38. The maximum atomic E-state index is 7.92. The van der Waals surface area contributed by atoms with Gasteiger partial charge in [0, 0.05) is 5.71 Å². The van der Waals surface area contributed by atoms with Crippen molar-refractivity contribution in [2.45, 2.75) is 32.7 Å². The molecule has 2 N–H and O–H groups in total. The van der Waals surface area contributed by atoms with Gasteiger partial charge in [-0.05, 0) is 25.3 Å². The zero-order valence-corrected chi connectivity index (χ0v) is 10.6. The lowest BCUT2D eigenvalue weighted by Gasteiger charge is -2.19. The van der Waals surface area contributed by atoms with Gasteiger partial charge in [-0.25, -0.2) is 0 Å². The zero-order chi connectivity index (χ0) is 12.0. The molecule has 0 aliphatic heterocycles. The van der Waals surface area contributed by atoms with Gasteiger partial charge in [-0.2, -0.15) is 0 Å². The van der Waals surface area contributed by atoms with E-state index in [0.29, 0.717) is 5.71 Å². The van der Waals surface area contributed by atoms with E-state index in [-0.39, 0.29) is 6.04 Å². The highest BCUT2D eigenvalue weighted by atomic mass is 32.1. The van der Waals surface area contributed by atoms with Crippen LogP contribution in [0, 0.1) is 5.41 Å². The summed E-state index contributed by atoms with van der Waals surface area (Å²) in [5.74, 6) is 0. The summed E-state index contributed by atoms with van der Waals surface area (Å²) in [6.07, 6.45) is 1.58. The van der Waals surface area contributed by atoms with Crippen LogP contribution in [-0.4, -0.2) is 16.7 Å². The molecule has 0 aromatic heterocycles. The predicted molar refractivity (Wildman–Crippen MR) is 73.4 cm³/mol. The average molecular weight is 234 g/mol. The smallest absolute Gasteiger partial charge is 0.0727 e. The van der Waals surface area contributed by atoms with Crippen LogP contribution in [0.25, 0.3) is 0 Å². The molecule has 0 heterocycles. The number of hydrogen-bond donors (Lipinski definition) is 2. The summed E-state index contributed by atoms with van der Waals surface area (Å²) < 4.78 is 0. The van der Waals surface area contributed by atoms with Crippen LogP contribution in [-0.2, 0) is 6.42 Å². The van der Waals surface area contributed by atoms with Gasteiger partial charge < -0.3 is 10.7 Å². The third-order valence-corrected chi connectivity index (χ3v) is 2.58. The summed E-state index contributed by atoms with van der Waals surface area (Å²) in [7, 11) is 0. The van der Waals surface area contributed by atoms with E-state index in [1.807, 2.05) is 32.0 Å². The van der Waals surface area contributed by atoms with Crippen molar-refractivity contribution in [2.24, 2.45) is 0 Å². The van der Waals surface area contributed by atoms with Crippen LogP contribution in [0.3, 0.4) is 0 Å². The highest BCUT2D eigenvalue weighted by molar-refractivity contribution is 7.80. The summed E-state index contributed by atoms with van der Waals surface area (Å²) in [6, 6.07) is 10.2. The maximum Gasteiger partial charge on any atom is 0.0727 e. The van der Waals surface area contributed by atoms with Crippen LogP contribution in [0.1, 0.15) is 25.8 Å². The number of rotatable bonds is 5. The van der Waals surface area contributed by atoms with Crippen molar-refractivity contribution in [3.8, 4) is 0 Å². The van der Waals surface area contributed by atoms with Crippen LogP contribution in [0.4, 0.5) is 0 Å². The van der Waals surface area contributed by atoms with Crippen molar-refractivity contribution in [3.05, 3.63) is 35.9 Å². The highest BCUT2D eigenvalue weighted by Crippen LogP contribution is 2.05. The molecule has 1 aromatic rings. The van der Waals surface area contributed by atoms with E-state index in [0.717, 1.165) is 17.8 Å². The summed E-state index contributed by atoms with van der Waals surface area (Å²) in [4.78, 5) is 0.749. The van der Waals surface area contributed by atoms with Crippen molar-refractivity contribution >= 4 is 22.9 Å². The first kappa shape index (κ1) is 12.8. The van der Waals surface area contributed by atoms with Crippen LogP contribution in [0.5, 0.6) is 0 Å². The fourth-order valence-electron chi connectivity index (χ4n) is 1.60. The number of hydrogen-bond acceptors (Lipinski definition) is 2. The van der Waals surface area contributed by atoms with Crippen LogP contribution in [0.2, 0.25) is 0 Å². The molecule has 0 aliphatic rings. The molecule has 1 unspecified atom stereocenters. The minimum absolute atomic E-state index is 0.0323. The molecule has 0 aliphatic carbocycles. The molecule has 0 spiro atoms. The largest absolute Gasteiger partial charge is 0.372 e. The number of benzene rings is 1. The third-order valence-electron chi connectivity index (χ3n) is 2.46. The van der Waals surface area contributed by atoms with E-state index >= 15 is 0 Å². The van der Waals surface area contributed by atoms with E-state index < -0.39 is 0 Å². The van der Waals surface area contributed by atoms with E-state index in [1.165, 1.54) is 5.56 Å². The lowest BCUT2D eigenvalue weighted by atomic mass is 10.0. The average Bonchev–Trinajstić information content (AvgIpc) is 2.28. The fourth-order valence-corrected chi connectivity index (χ4v) is 1.75. The quantitative estimate of drug-likeness (QED) is 0.607. The maximum absolute atomic E-state index is 7.92. The molecule has 1 aromatic carbocycles. The Morgan fingerprint density at radius 3 is 2.50 bits per heavy atom. The Labute approximate surface area is 103 Å². The van der Waals surface area contributed by atoms with Gasteiger partial charge in [0.25, 0.3) is 0 Å². The standard InChI is InChI=1S/C13H18N2S/c1-3-12(14)13(15-10(2)16)9-11-7-5-4-6-8-11/h4-8,13-14H,3,9H2,1-2H3,(H,15,16). The summed E-state index contributed by atoms with van der Waals surface area (Å²) in [6.45, 7) is 3.86. The van der Waals surface area contributed by atoms with Gasteiger partial charge in [0.2, 0.25) is 0 Å². The molecule has 1 rings (SSSR count). The Balaban J connectivity index is 2.70. The normalized spacial score (nSPS) is 11.9. The van der Waals surface area contributed by atoms with Gasteiger partial charge in [0.1, 0.15) is 0 Å². The Bertz CT molecular complexity index is 359. The highest BCUT2D eigenvalue weighted by Gasteiger charge is 2.13. The Hall–Kier alpha value is -1.22. The van der Waals surface area contributed by atoms with Crippen molar-refractivity contribution in [2.75, 3.05) is 0 Å². The summed E-state index contributed by atoms with van der Waals surface area (Å²) >= 11 is 5.05. The van der Waals surface area contributed by atoms with Gasteiger partial charge in [0.15, 0.2) is 0 Å². The first-order chi connectivity index (χ1) is 7.63. The summed E-state index contributed by atoms with van der Waals surface area (Å²) in [5, 5.41) is 11.1. The van der Waals surface area contributed by atoms with Crippen molar-refractivity contribution in [1.82, 2.24) is 5.32 Å². The monoisotopic (exact) mass is 234 g/mol. The second-order valence-corrected chi connectivity index (χ2v) is 4.43. The second-order valence-electron chi connectivity index (χ2n) is 3.82. The minimum atomic E-state index is 0.0323. The Kier molecular flexibility index (Phi) is 5.12. The zero-order valence-electron chi connectivity index (χ0n) is 9.79. The number of thiocarbonyl (C=S) groups is 1. The molecule has 0 saturated heterocycles. The van der Waals surface area contributed by atoms with Crippen molar-refractivity contribution < 1.29 is 0 Å². The van der Waals surface area contributed by atoms with Gasteiger partial charge >= 0.3 is 0 Å². The molecule has 0 amide bonds. The molecular weight excluding hydrogens is 216 g/mol. The lowest BCUT2D eigenvalue weighted by Crippen LogP contribution is -2.40. The first-order valence-electron chi connectivity index (χ1n) is 5.51. The number of nitrogens with one attached hydrogen (secondary N) is 2. The van der Waals surface area contributed by atoms with E-state index in [1.54, 1.807) is 0 Å². The van der Waals surface area contributed by atoms with Crippen LogP contribution in [0.15, 0.2) is 30.3 Å². The predicted octanol–water partition coefficient (Wildman–Crippen LogP) is 2.96. The Morgan fingerprint density at radius 1 is 1.38 bits per heavy atom. The SMILES string of the molecule is CCC(=N)C(Cc1ccccc1)NC(C)=S. The van der Waals surface area contributed by atoms with E-state index in [9.17, 15) is 0 Å². The molecule has 16 heavy (non-hydrogen) atoms. The molecule has 0 radical (unpaired) electrons. The van der Waals surface area contributed by atoms with E-state index in [4.69, 9.17) is 17.6 Å². The molecule has 0 bridgehead atoms. The lowest BCUT2D eigenvalue weighted by molar-refractivity contribution is 0.745. The topological polar surface area (TPSA) is 35.9 Å². The molecular formula is C13H18N2S. The summed E-state index contributed by atoms with van der Waals surface area (Å²) in [5.41, 5.74) is 1.93. The molecule has 86 valence electrons. The van der Waals surface area contributed by atoms with E-state index in [2.05, 4.69) is 17.4 Å². The molecule has 1 atom stereocenters. The van der Waals surface area contributed by atoms with Crippen LogP contribution >= 0.6 is 12.2 Å². The van der Waals surface area contributed by atoms with Gasteiger partial charge in [0.05, 0.1) is 11.0 Å². The van der Waals surface area contributed by atoms with Gasteiger partial charge in [-0.15, -0.1) is 0 Å².